The number of halogens is 1. The van der Waals surface area contributed by atoms with Gasteiger partial charge in [0.1, 0.15) is 16.8 Å². The Morgan fingerprint density at radius 1 is 1.19 bits per heavy atom. The fourth-order valence-corrected chi connectivity index (χ4v) is 4.51. The number of rotatable bonds is 5. The van der Waals surface area contributed by atoms with Gasteiger partial charge in [0, 0.05) is 25.2 Å². The molecule has 1 aromatic rings. The van der Waals surface area contributed by atoms with Crippen molar-refractivity contribution < 1.29 is 22.4 Å². The highest BCUT2D eigenvalue weighted by Crippen LogP contribution is 2.25. The highest BCUT2D eigenvalue weighted by molar-refractivity contribution is 7.89. The molecule has 1 unspecified atom stereocenters. The molecule has 7 nitrogen and oxygen atoms in total. The Morgan fingerprint density at radius 2 is 1.92 bits per heavy atom. The standard InChI is InChI=1S/C17H22FN3O4S/c1-19-16(22)14-4-2-3-9-21(14)17(23)11-5-8-13(18)15(10-11)26(24,25)20-12-6-7-12/h5,8,10,12,14,20H,2-4,6-7,9H2,1H3,(H,19,22). The monoisotopic (exact) mass is 383 g/mol. The number of likely N-dealkylation sites (tertiary alicyclic amines) is 1. The highest BCUT2D eigenvalue weighted by Gasteiger charge is 2.34. The Hall–Kier alpha value is -2.00. The summed E-state index contributed by atoms with van der Waals surface area (Å²) in [4.78, 5) is 25.8. The lowest BCUT2D eigenvalue weighted by Gasteiger charge is -2.34. The first-order valence-electron chi connectivity index (χ1n) is 8.68. The number of amides is 2. The van der Waals surface area contributed by atoms with Gasteiger partial charge in [0.25, 0.3) is 5.91 Å². The summed E-state index contributed by atoms with van der Waals surface area (Å²) in [6.07, 6.45) is 3.58. The fourth-order valence-electron chi connectivity index (χ4n) is 3.11. The third kappa shape index (κ3) is 3.88. The molecule has 0 aromatic heterocycles. The molecule has 1 atom stereocenters. The van der Waals surface area contributed by atoms with Gasteiger partial charge in [-0.1, -0.05) is 0 Å². The molecule has 2 amide bonds. The number of carbonyl (C=O) groups excluding carboxylic acids is 2. The summed E-state index contributed by atoms with van der Waals surface area (Å²) in [5, 5.41) is 2.55. The molecule has 142 valence electrons. The number of nitrogens with one attached hydrogen (secondary N) is 2. The second-order valence-electron chi connectivity index (χ2n) is 6.67. The smallest absolute Gasteiger partial charge is 0.254 e. The van der Waals surface area contributed by atoms with Crippen LogP contribution in [0.3, 0.4) is 0 Å². The Bertz CT molecular complexity index is 823. The van der Waals surface area contributed by atoms with Gasteiger partial charge in [-0.2, -0.15) is 0 Å². The summed E-state index contributed by atoms with van der Waals surface area (Å²) in [5.74, 6) is -1.64. The minimum absolute atomic E-state index is 0.0541. The maximum absolute atomic E-state index is 14.1. The maximum atomic E-state index is 14.1. The lowest BCUT2D eigenvalue weighted by molar-refractivity contribution is -0.126. The molecule has 1 aliphatic heterocycles. The second kappa shape index (κ2) is 7.32. The number of hydrogen-bond acceptors (Lipinski definition) is 4. The van der Waals surface area contributed by atoms with Gasteiger partial charge in [-0.25, -0.2) is 17.5 Å². The Labute approximate surface area is 152 Å². The van der Waals surface area contributed by atoms with Crippen LogP contribution in [-0.2, 0) is 14.8 Å². The van der Waals surface area contributed by atoms with Gasteiger partial charge in [0.15, 0.2) is 0 Å². The van der Waals surface area contributed by atoms with E-state index in [2.05, 4.69) is 10.0 Å². The molecule has 1 saturated carbocycles. The molecular weight excluding hydrogens is 361 g/mol. The van der Waals surface area contributed by atoms with Gasteiger partial charge < -0.3 is 10.2 Å². The zero-order valence-corrected chi connectivity index (χ0v) is 15.3. The van der Waals surface area contributed by atoms with E-state index >= 15 is 0 Å². The zero-order valence-electron chi connectivity index (χ0n) is 14.5. The molecule has 2 aliphatic rings. The molecule has 1 aromatic carbocycles. The molecule has 1 aliphatic carbocycles. The van der Waals surface area contributed by atoms with Crippen molar-refractivity contribution in [2.75, 3.05) is 13.6 Å². The molecule has 2 fully saturated rings. The van der Waals surface area contributed by atoms with E-state index in [1.165, 1.54) is 18.0 Å². The third-order valence-corrected chi connectivity index (χ3v) is 6.22. The van der Waals surface area contributed by atoms with Crippen LogP contribution in [-0.4, -0.2) is 50.8 Å². The molecule has 0 bridgehead atoms. The van der Waals surface area contributed by atoms with E-state index in [0.717, 1.165) is 37.8 Å². The van der Waals surface area contributed by atoms with Gasteiger partial charge in [0.2, 0.25) is 15.9 Å². The molecule has 3 rings (SSSR count). The average molecular weight is 383 g/mol. The summed E-state index contributed by atoms with van der Waals surface area (Å²) >= 11 is 0. The van der Waals surface area contributed by atoms with E-state index in [1.54, 1.807) is 0 Å². The number of nitrogens with zero attached hydrogens (tertiary/aromatic N) is 1. The Balaban J connectivity index is 1.89. The largest absolute Gasteiger partial charge is 0.357 e. The van der Waals surface area contributed by atoms with Crippen LogP contribution in [0, 0.1) is 5.82 Å². The van der Waals surface area contributed by atoms with Crippen LogP contribution in [0.2, 0.25) is 0 Å². The summed E-state index contributed by atoms with van der Waals surface area (Å²) < 4.78 is 41.2. The van der Waals surface area contributed by atoms with Crippen LogP contribution in [0.1, 0.15) is 42.5 Å². The maximum Gasteiger partial charge on any atom is 0.254 e. The van der Waals surface area contributed by atoms with Crippen molar-refractivity contribution in [1.29, 1.82) is 0 Å². The number of sulfonamides is 1. The second-order valence-corrected chi connectivity index (χ2v) is 8.35. The molecule has 26 heavy (non-hydrogen) atoms. The van der Waals surface area contributed by atoms with Crippen LogP contribution in [0.15, 0.2) is 23.1 Å². The van der Waals surface area contributed by atoms with E-state index in [4.69, 9.17) is 0 Å². The number of carbonyl (C=O) groups is 2. The number of hydrogen-bond donors (Lipinski definition) is 2. The van der Waals surface area contributed by atoms with Crippen LogP contribution in [0.4, 0.5) is 4.39 Å². The van der Waals surface area contributed by atoms with Crippen molar-refractivity contribution >= 4 is 21.8 Å². The van der Waals surface area contributed by atoms with E-state index in [1.807, 2.05) is 0 Å². The van der Waals surface area contributed by atoms with Crippen LogP contribution < -0.4 is 10.0 Å². The highest BCUT2D eigenvalue weighted by atomic mass is 32.2. The summed E-state index contributed by atoms with van der Waals surface area (Å²) in [6.45, 7) is 0.400. The van der Waals surface area contributed by atoms with E-state index in [9.17, 15) is 22.4 Å². The molecule has 1 heterocycles. The lowest BCUT2D eigenvalue weighted by atomic mass is 10.00. The summed E-state index contributed by atoms with van der Waals surface area (Å²) in [6, 6.07) is 2.52. The van der Waals surface area contributed by atoms with Crippen molar-refractivity contribution in [1.82, 2.24) is 14.9 Å². The number of likely N-dealkylation sites (N-methyl/N-ethyl adjacent to an activating group) is 1. The molecule has 0 spiro atoms. The first-order valence-corrected chi connectivity index (χ1v) is 10.2. The number of piperidine rings is 1. The van der Waals surface area contributed by atoms with Gasteiger partial charge in [0.05, 0.1) is 0 Å². The number of benzene rings is 1. The summed E-state index contributed by atoms with van der Waals surface area (Å²) in [7, 11) is -2.52. The van der Waals surface area contributed by atoms with E-state index in [-0.39, 0.29) is 17.5 Å². The zero-order chi connectivity index (χ0) is 18.9. The minimum Gasteiger partial charge on any atom is -0.357 e. The topological polar surface area (TPSA) is 95.6 Å². The van der Waals surface area contributed by atoms with Gasteiger partial charge >= 0.3 is 0 Å². The molecule has 1 saturated heterocycles. The molecule has 2 N–H and O–H groups in total. The van der Waals surface area contributed by atoms with Gasteiger partial charge in [-0.15, -0.1) is 0 Å². The normalized spacial score (nSPS) is 20.7. The minimum atomic E-state index is -4.02. The quantitative estimate of drug-likeness (QED) is 0.793. The fraction of sp³-hybridized carbons (Fsp3) is 0.529. The SMILES string of the molecule is CNC(=O)C1CCCCN1C(=O)c1ccc(F)c(S(=O)(=O)NC2CC2)c1. The van der Waals surface area contributed by atoms with Crippen LogP contribution >= 0.6 is 0 Å². The first kappa shape index (κ1) is 18.8. The first-order chi connectivity index (χ1) is 12.3. The molecule has 9 heteroatoms. The average Bonchev–Trinajstić information content (AvgIpc) is 3.44. The third-order valence-electron chi connectivity index (χ3n) is 4.68. The van der Waals surface area contributed by atoms with Crippen molar-refractivity contribution in [2.45, 2.75) is 49.1 Å². The summed E-state index contributed by atoms with van der Waals surface area (Å²) in [5.41, 5.74) is 0.0541. The van der Waals surface area contributed by atoms with Gasteiger partial charge in [-0.05, 0) is 50.3 Å². The van der Waals surface area contributed by atoms with Crippen molar-refractivity contribution in [3.05, 3.63) is 29.6 Å². The molecule has 0 radical (unpaired) electrons. The van der Waals surface area contributed by atoms with Crippen LogP contribution in [0.25, 0.3) is 0 Å². The molecular formula is C17H22FN3O4S. The lowest BCUT2D eigenvalue weighted by Crippen LogP contribution is -2.51. The Morgan fingerprint density at radius 3 is 2.58 bits per heavy atom. The van der Waals surface area contributed by atoms with E-state index < -0.39 is 32.7 Å². The van der Waals surface area contributed by atoms with Gasteiger partial charge in [-0.3, -0.25) is 9.59 Å². The van der Waals surface area contributed by atoms with Crippen molar-refractivity contribution in [2.24, 2.45) is 0 Å². The van der Waals surface area contributed by atoms with Crippen molar-refractivity contribution in [3.63, 3.8) is 0 Å². The predicted octanol–water partition coefficient (Wildman–Crippen LogP) is 1.01. The van der Waals surface area contributed by atoms with E-state index in [0.29, 0.717) is 13.0 Å². The Kier molecular flexibility index (Phi) is 5.29. The van der Waals surface area contributed by atoms with Crippen molar-refractivity contribution in [3.8, 4) is 0 Å². The predicted molar refractivity (Wildman–Crippen MR) is 92.5 cm³/mol. The van der Waals surface area contributed by atoms with Crippen LogP contribution in [0.5, 0.6) is 0 Å².